The zero-order valence-corrected chi connectivity index (χ0v) is 14.2. The van der Waals surface area contributed by atoms with Crippen LogP contribution in [0.25, 0.3) is 10.9 Å². The first-order valence-electron chi connectivity index (χ1n) is 8.45. The third kappa shape index (κ3) is 3.65. The average Bonchev–Trinajstić information content (AvgIpc) is 3.03. The third-order valence-corrected chi connectivity index (χ3v) is 4.33. The molecular formula is C20H23N3O. The molecule has 4 heteroatoms. The average molecular weight is 321 g/mol. The first kappa shape index (κ1) is 16.2. The summed E-state index contributed by atoms with van der Waals surface area (Å²) in [5.41, 5.74) is 3.32. The quantitative estimate of drug-likeness (QED) is 0.749. The van der Waals surface area contributed by atoms with E-state index in [1.807, 2.05) is 25.1 Å². The van der Waals surface area contributed by atoms with E-state index in [9.17, 15) is 4.79 Å². The molecule has 3 aromatic rings. The third-order valence-electron chi connectivity index (χ3n) is 4.33. The van der Waals surface area contributed by atoms with Gasteiger partial charge in [-0.1, -0.05) is 12.1 Å². The zero-order valence-electron chi connectivity index (χ0n) is 14.2. The molecule has 0 spiro atoms. The summed E-state index contributed by atoms with van der Waals surface area (Å²) < 4.78 is 2.22. The molecule has 0 saturated carbocycles. The van der Waals surface area contributed by atoms with Crippen LogP contribution in [0.1, 0.15) is 37.6 Å². The molecule has 1 aromatic carbocycles. The summed E-state index contributed by atoms with van der Waals surface area (Å²) in [4.78, 5) is 16.4. The number of hydrogen-bond donors (Lipinski definition) is 1. The number of amides is 1. The number of carbonyl (C=O) groups excluding carboxylic acids is 1. The van der Waals surface area contributed by atoms with Gasteiger partial charge in [-0.25, -0.2) is 0 Å². The standard InChI is InChI=1S/C20H23N3O/c1-3-23-13-11-17-14-16(7-9-19(17)23)8-10-20(24)22-15(2)18-6-4-5-12-21-18/h4-7,9,11-15H,3,8,10H2,1-2H3,(H,22,24). The predicted octanol–water partition coefficient (Wildman–Crippen LogP) is 3.87. The predicted molar refractivity (Wildman–Crippen MR) is 96.7 cm³/mol. The van der Waals surface area contributed by atoms with Gasteiger partial charge in [-0.3, -0.25) is 9.78 Å². The van der Waals surface area contributed by atoms with E-state index in [1.54, 1.807) is 6.20 Å². The minimum atomic E-state index is -0.0697. The second-order valence-corrected chi connectivity index (χ2v) is 6.04. The van der Waals surface area contributed by atoms with Crippen molar-refractivity contribution in [3.63, 3.8) is 0 Å². The highest BCUT2D eigenvalue weighted by molar-refractivity contribution is 5.81. The van der Waals surface area contributed by atoms with Gasteiger partial charge in [-0.15, -0.1) is 0 Å². The fourth-order valence-electron chi connectivity index (χ4n) is 2.96. The van der Waals surface area contributed by atoms with Crippen LogP contribution in [0.5, 0.6) is 0 Å². The fourth-order valence-corrected chi connectivity index (χ4v) is 2.96. The Morgan fingerprint density at radius 2 is 2.12 bits per heavy atom. The second-order valence-electron chi connectivity index (χ2n) is 6.04. The molecule has 0 aliphatic carbocycles. The van der Waals surface area contributed by atoms with Gasteiger partial charge in [0.2, 0.25) is 5.91 Å². The molecule has 0 fully saturated rings. The molecule has 0 radical (unpaired) electrons. The monoisotopic (exact) mass is 321 g/mol. The maximum absolute atomic E-state index is 12.2. The van der Waals surface area contributed by atoms with Crippen LogP contribution >= 0.6 is 0 Å². The topological polar surface area (TPSA) is 46.9 Å². The summed E-state index contributed by atoms with van der Waals surface area (Å²) in [6.07, 6.45) is 5.08. The SMILES string of the molecule is CCn1ccc2cc(CCC(=O)NC(C)c3ccccn3)ccc21. The molecule has 0 aliphatic rings. The Morgan fingerprint density at radius 1 is 1.25 bits per heavy atom. The van der Waals surface area contributed by atoms with Crippen LogP contribution in [-0.2, 0) is 17.8 Å². The van der Waals surface area contributed by atoms with Crippen LogP contribution in [0.15, 0.2) is 54.9 Å². The van der Waals surface area contributed by atoms with Gasteiger partial charge in [-0.05, 0) is 61.5 Å². The minimum absolute atomic E-state index is 0.0550. The molecule has 124 valence electrons. The Morgan fingerprint density at radius 3 is 2.88 bits per heavy atom. The lowest BCUT2D eigenvalue weighted by molar-refractivity contribution is -0.121. The lowest BCUT2D eigenvalue weighted by Gasteiger charge is -2.13. The van der Waals surface area contributed by atoms with Crippen molar-refractivity contribution in [3.05, 3.63) is 66.1 Å². The van der Waals surface area contributed by atoms with Crippen LogP contribution in [0, 0.1) is 0 Å². The van der Waals surface area contributed by atoms with Gasteiger partial charge in [-0.2, -0.15) is 0 Å². The van der Waals surface area contributed by atoms with Crippen LogP contribution in [-0.4, -0.2) is 15.5 Å². The number of pyridine rings is 1. The zero-order chi connectivity index (χ0) is 16.9. The van der Waals surface area contributed by atoms with Crippen molar-refractivity contribution in [3.8, 4) is 0 Å². The summed E-state index contributed by atoms with van der Waals surface area (Å²) >= 11 is 0. The number of aryl methyl sites for hydroxylation is 2. The molecule has 1 N–H and O–H groups in total. The number of fused-ring (bicyclic) bond motifs is 1. The molecule has 2 heterocycles. The minimum Gasteiger partial charge on any atom is -0.348 e. The Bertz CT molecular complexity index is 823. The van der Waals surface area contributed by atoms with E-state index in [0.717, 1.165) is 18.7 Å². The van der Waals surface area contributed by atoms with Crippen LogP contribution in [0.2, 0.25) is 0 Å². The van der Waals surface area contributed by atoms with Gasteiger partial charge in [0.1, 0.15) is 0 Å². The molecular weight excluding hydrogens is 298 g/mol. The van der Waals surface area contributed by atoms with Gasteiger partial charge in [0, 0.05) is 30.9 Å². The summed E-state index contributed by atoms with van der Waals surface area (Å²) in [6.45, 7) is 5.07. The van der Waals surface area contributed by atoms with E-state index >= 15 is 0 Å². The van der Waals surface area contributed by atoms with Crippen molar-refractivity contribution in [1.29, 1.82) is 0 Å². The summed E-state index contributed by atoms with van der Waals surface area (Å²) in [5, 5.41) is 4.24. The molecule has 3 rings (SSSR count). The van der Waals surface area contributed by atoms with E-state index in [4.69, 9.17) is 0 Å². The van der Waals surface area contributed by atoms with E-state index in [0.29, 0.717) is 6.42 Å². The summed E-state index contributed by atoms with van der Waals surface area (Å²) in [5.74, 6) is 0.0550. The normalized spacial score (nSPS) is 12.2. The van der Waals surface area contributed by atoms with E-state index < -0.39 is 0 Å². The number of benzene rings is 1. The van der Waals surface area contributed by atoms with E-state index in [1.165, 1.54) is 16.5 Å². The van der Waals surface area contributed by atoms with Gasteiger partial charge in [0.15, 0.2) is 0 Å². The van der Waals surface area contributed by atoms with E-state index in [-0.39, 0.29) is 11.9 Å². The number of carbonyl (C=O) groups is 1. The van der Waals surface area contributed by atoms with Crippen LogP contribution in [0.4, 0.5) is 0 Å². The molecule has 4 nitrogen and oxygen atoms in total. The first-order chi connectivity index (χ1) is 11.7. The van der Waals surface area contributed by atoms with Crippen molar-refractivity contribution < 1.29 is 4.79 Å². The smallest absolute Gasteiger partial charge is 0.220 e. The molecule has 24 heavy (non-hydrogen) atoms. The maximum atomic E-state index is 12.2. The number of aromatic nitrogens is 2. The van der Waals surface area contributed by atoms with Crippen molar-refractivity contribution >= 4 is 16.8 Å². The molecule has 1 atom stereocenters. The highest BCUT2D eigenvalue weighted by Gasteiger charge is 2.10. The largest absolute Gasteiger partial charge is 0.348 e. The van der Waals surface area contributed by atoms with Crippen molar-refractivity contribution in [2.45, 2.75) is 39.3 Å². The lowest BCUT2D eigenvalue weighted by Crippen LogP contribution is -2.27. The van der Waals surface area contributed by atoms with Gasteiger partial charge in [0.25, 0.3) is 0 Å². The first-order valence-corrected chi connectivity index (χ1v) is 8.45. The Balaban J connectivity index is 1.58. The van der Waals surface area contributed by atoms with Crippen molar-refractivity contribution in [2.24, 2.45) is 0 Å². The maximum Gasteiger partial charge on any atom is 0.220 e. The number of rotatable bonds is 6. The Labute approximate surface area is 142 Å². The number of hydrogen-bond acceptors (Lipinski definition) is 2. The van der Waals surface area contributed by atoms with Crippen molar-refractivity contribution in [1.82, 2.24) is 14.9 Å². The highest BCUT2D eigenvalue weighted by Crippen LogP contribution is 2.18. The summed E-state index contributed by atoms with van der Waals surface area (Å²) in [7, 11) is 0. The Hall–Kier alpha value is -2.62. The Kier molecular flexibility index (Phi) is 4.94. The van der Waals surface area contributed by atoms with Gasteiger partial charge < -0.3 is 9.88 Å². The highest BCUT2D eigenvalue weighted by atomic mass is 16.1. The van der Waals surface area contributed by atoms with Crippen LogP contribution < -0.4 is 5.32 Å². The molecule has 0 aliphatic heterocycles. The fraction of sp³-hybridized carbons (Fsp3) is 0.300. The second kappa shape index (κ2) is 7.30. The van der Waals surface area contributed by atoms with Gasteiger partial charge >= 0.3 is 0 Å². The van der Waals surface area contributed by atoms with Crippen molar-refractivity contribution in [2.75, 3.05) is 0 Å². The number of nitrogens with zero attached hydrogens (tertiary/aromatic N) is 2. The van der Waals surface area contributed by atoms with Gasteiger partial charge in [0.05, 0.1) is 11.7 Å². The molecule has 0 bridgehead atoms. The molecule has 2 aromatic heterocycles. The van der Waals surface area contributed by atoms with E-state index in [2.05, 4.69) is 52.3 Å². The molecule has 0 saturated heterocycles. The van der Waals surface area contributed by atoms with Crippen LogP contribution in [0.3, 0.4) is 0 Å². The number of nitrogens with one attached hydrogen (secondary N) is 1. The molecule has 1 amide bonds. The summed E-state index contributed by atoms with van der Waals surface area (Å²) in [6, 6.07) is 14.2. The molecule has 1 unspecified atom stereocenters. The lowest BCUT2D eigenvalue weighted by atomic mass is 10.1.